The normalized spacial score (nSPS) is 14.2. The molecule has 0 aromatic heterocycles. The van der Waals surface area contributed by atoms with Gasteiger partial charge in [-0.05, 0) is 156 Å². The van der Waals surface area contributed by atoms with Crippen LogP contribution in [0.2, 0.25) is 0 Å². The molecule has 302 valence electrons. The predicted molar refractivity (Wildman–Crippen MR) is 273 cm³/mol. The van der Waals surface area contributed by atoms with E-state index in [-0.39, 0.29) is 10.8 Å². The third kappa shape index (κ3) is 5.23. The lowest BCUT2D eigenvalue weighted by atomic mass is 9.79. The molecule has 2 aliphatic carbocycles. The Morgan fingerprint density at radius 3 is 1.31 bits per heavy atom. The molecule has 64 heavy (non-hydrogen) atoms. The van der Waals surface area contributed by atoms with Crippen LogP contribution < -0.4 is 0 Å². The second-order valence-electron chi connectivity index (χ2n) is 19.2. The van der Waals surface area contributed by atoms with Crippen LogP contribution in [-0.4, -0.2) is 0 Å². The third-order valence-corrected chi connectivity index (χ3v) is 15.1. The van der Waals surface area contributed by atoms with Gasteiger partial charge in [0, 0.05) is 10.8 Å². The molecule has 0 atom stereocenters. The maximum Gasteiger partial charge on any atom is 0.0159 e. The third-order valence-electron chi connectivity index (χ3n) is 15.1. The Hall–Kier alpha value is -7.54. The smallest absolute Gasteiger partial charge is 0.0159 e. The molecule has 0 unspecified atom stereocenters. The van der Waals surface area contributed by atoms with Crippen molar-refractivity contribution in [1.29, 1.82) is 0 Å². The highest BCUT2D eigenvalue weighted by Gasteiger charge is 2.37. The van der Waals surface area contributed by atoms with Crippen molar-refractivity contribution in [2.75, 3.05) is 0 Å². The standard InChI is InChI=1S/C64H46/c1-63(2)57-26-12-11-21-49(57)55-36-43(30-34-58(55)63)62-53-23-10-9-22-52(53)61(54-33-28-41(35-56(54)62)47-24-13-17-39-15-5-7-19-45(39)47)44-29-32-51-50-31-27-42(37-59(50)64(3,4)60(51)38-44)48-25-14-18-40-16-6-8-20-46(40)48/h5-38H,1-4H3. The largest absolute Gasteiger partial charge is 0.0619 e. The van der Waals surface area contributed by atoms with Crippen molar-refractivity contribution in [3.8, 4) is 66.8 Å². The first-order chi connectivity index (χ1) is 31.3. The Morgan fingerprint density at radius 1 is 0.234 bits per heavy atom. The van der Waals surface area contributed by atoms with E-state index < -0.39 is 0 Å². The molecule has 0 nitrogen and oxygen atoms in total. The molecule has 0 saturated heterocycles. The van der Waals surface area contributed by atoms with Gasteiger partial charge in [0.2, 0.25) is 0 Å². The van der Waals surface area contributed by atoms with E-state index in [1.165, 1.54) is 132 Å². The van der Waals surface area contributed by atoms with Crippen LogP contribution in [0.15, 0.2) is 206 Å². The summed E-state index contributed by atoms with van der Waals surface area (Å²) in [5.74, 6) is 0. The van der Waals surface area contributed by atoms with Gasteiger partial charge in [0.15, 0.2) is 0 Å². The SMILES string of the molecule is CC1(C)c2ccccc2-c2cc(-c3c4ccccc4c(-c4ccc5c(c4)C(C)(C)c4cc(-c6cccc7ccccc67)ccc4-5)c4ccc(-c5cccc6ccccc56)cc34)ccc21. The first-order valence-electron chi connectivity index (χ1n) is 22.7. The Bertz CT molecular complexity index is 3770. The first kappa shape index (κ1) is 37.1. The molecule has 2 aliphatic rings. The fourth-order valence-electron chi connectivity index (χ4n) is 11.9. The highest BCUT2D eigenvalue weighted by molar-refractivity contribution is 6.22. The summed E-state index contributed by atoms with van der Waals surface area (Å²) in [5.41, 5.74) is 20.8. The highest BCUT2D eigenvalue weighted by Crippen LogP contribution is 2.54. The number of fused-ring (bicyclic) bond motifs is 10. The first-order valence-corrected chi connectivity index (χ1v) is 22.7. The molecule has 0 heteroatoms. The van der Waals surface area contributed by atoms with Gasteiger partial charge in [-0.2, -0.15) is 0 Å². The zero-order valence-electron chi connectivity index (χ0n) is 36.6. The van der Waals surface area contributed by atoms with E-state index in [0.29, 0.717) is 0 Å². The summed E-state index contributed by atoms with van der Waals surface area (Å²) in [6, 6.07) is 78.0. The molecule has 0 N–H and O–H groups in total. The van der Waals surface area contributed by atoms with Crippen molar-refractivity contribution in [3.05, 3.63) is 229 Å². The number of benzene rings is 11. The van der Waals surface area contributed by atoms with Crippen LogP contribution in [0, 0.1) is 0 Å². The van der Waals surface area contributed by atoms with E-state index >= 15 is 0 Å². The average Bonchev–Trinajstić information content (AvgIpc) is 3.70. The van der Waals surface area contributed by atoms with Gasteiger partial charge < -0.3 is 0 Å². The molecule has 0 saturated carbocycles. The quantitative estimate of drug-likeness (QED) is 0.155. The Morgan fingerprint density at radius 2 is 0.641 bits per heavy atom. The lowest BCUT2D eigenvalue weighted by Gasteiger charge is -2.24. The van der Waals surface area contributed by atoms with Crippen molar-refractivity contribution in [1.82, 2.24) is 0 Å². The van der Waals surface area contributed by atoms with Crippen molar-refractivity contribution >= 4 is 43.1 Å². The van der Waals surface area contributed by atoms with E-state index in [1.54, 1.807) is 0 Å². The van der Waals surface area contributed by atoms with Gasteiger partial charge in [0.1, 0.15) is 0 Å². The van der Waals surface area contributed by atoms with Gasteiger partial charge in [-0.15, -0.1) is 0 Å². The summed E-state index contributed by atoms with van der Waals surface area (Å²) in [7, 11) is 0. The van der Waals surface area contributed by atoms with E-state index in [1.807, 2.05) is 0 Å². The molecular formula is C64H46. The summed E-state index contributed by atoms with van der Waals surface area (Å²) in [6.45, 7) is 9.57. The maximum absolute atomic E-state index is 2.51. The molecule has 11 aromatic rings. The van der Waals surface area contributed by atoms with Gasteiger partial charge >= 0.3 is 0 Å². The van der Waals surface area contributed by atoms with Gasteiger partial charge in [0.25, 0.3) is 0 Å². The van der Waals surface area contributed by atoms with Gasteiger partial charge in [-0.1, -0.05) is 210 Å². The van der Waals surface area contributed by atoms with Gasteiger partial charge in [0.05, 0.1) is 0 Å². The van der Waals surface area contributed by atoms with Crippen LogP contribution in [0.5, 0.6) is 0 Å². The summed E-state index contributed by atoms with van der Waals surface area (Å²) >= 11 is 0. The number of rotatable bonds is 4. The fourth-order valence-corrected chi connectivity index (χ4v) is 11.9. The zero-order chi connectivity index (χ0) is 42.9. The minimum Gasteiger partial charge on any atom is -0.0619 e. The number of hydrogen-bond donors (Lipinski definition) is 0. The van der Waals surface area contributed by atoms with Crippen LogP contribution in [0.25, 0.3) is 110 Å². The van der Waals surface area contributed by atoms with E-state index in [9.17, 15) is 0 Å². The molecule has 0 radical (unpaired) electrons. The monoisotopic (exact) mass is 814 g/mol. The van der Waals surface area contributed by atoms with Crippen LogP contribution in [-0.2, 0) is 10.8 Å². The molecule has 0 heterocycles. The van der Waals surface area contributed by atoms with Gasteiger partial charge in [-0.3, -0.25) is 0 Å². The van der Waals surface area contributed by atoms with Crippen molar-refractivity contribution in [2.45, 2.75) is 38.5 Å². The molecule has 0 fully saturated rings. The van der Waals surface area contributed by atoms with Crippen LogP contribution >= 0.6 is 0 Å². The number of hydrogen-bond acceptors (Lipinski definition) is 0. The molecule has 11 aromatic carbocycles. The Labute approximate surface area is 375 Å². The van der Waals surface area contributed by atoms with Crippen LogP contribution in [0.1, 0.15) is 49.9 Å². The minimum atomic E-state index is -0.192. The summed E-state index contributed by atoms with van der Waals surface area (Å²) in [4.78, 5) is 0. The average molecular weight is 815 g/mol. The lowest BCUT2D eigenvalue weighted by Crippen LogP contribution is -2.15. The molecule has 0 amide bonds. The Kier molecular flexibility index (Phi) is 7.80. The van der Waals surface area contributed by atoms with E-state index in [4.69, 9.17) is 0 Å². The minimum absolute atomic E-state index is 0.0571. The second kappa shape index (κ2) is 13.5. The van der Waals surface area contributed by atoms with Crippen molar-refractivity contribution < 1.29 is 0 Å². The molecule has 13 rings (SSSR count). The predicted octanol–water partition coefficient (Wildman–Crippen LogP) is 17.6. The van der Waals surface area contributed by atoms with Crippen molar-refractivity contribution in [2.24, 2.45) is 0 Å². The fraction of sp³-hybridized carbons (Fsp3) is 0.0938. The summed E-state index contributed by atoms with van der Waals surface area (Å²) < 4.78 is 0. The molecule has 0 aliphatic heterocycles. The van der Waals surface area contributed by atoms with E-state index in [0.717, 1.165) is 0 Å². The van der Waals surface area contributed by atoms with Crippen molar-refractivity contribution in [3.63, 3.8) is 0 Å². The van der Waals surface area contributed by atoms with Crippen LogP contribution in [0.3, 0.4) is 0 Å². The maximum atomic E-state index is 2.51. The summed E-state index contributed by atoms with van der Waals surface area (Å²) in [6.07, 6.45) is 0. The van der Waals surface area contributed by atoms with Crippen LogP contribution in [0.4, 0.5) is 0 Å². The van der Waals surface area contributed by atoms with E-state index in [2.05, 4.69) is 234 Å². The highest BCUT2D eigenvalue weighted by atomic mass is 14.4. The lowest BCUT2D eigenvalue weighted by molar-refractivity contribution is 0.660. The molecule has 0 spiro atoms. The van der Waals surface area contributed by atoms with Gasteiger partial charge in [-0.25, -0.2) is 0 Å². The zero-order valence-corrected chi connectivity index (χ0v) is 36.6. The molecular weight excluding hydrogens is 769 g/mol. The Balaban J connectivity index is 1.04. The molecule has 0 bridgehead atoms. The topological polar surface area (TPSA) is 0 Å². The second-order valence-corrected chi connectivity index (χ2v) is 19.2. The summed E-state index contributed by atoms with van der Waals surface area (Å²) in [5, 5.41) is 10.2.